The maximum atomic E-state index is 11.2. The van der Waals surface area contributed by atoms with Crippen LogP contribution in [0.15, 0.2) is 11.6 Å². The highest BCUT2D eigenvalue weighted by atomic mass is 32.2. The van der Waals surface area contributed by atoms with Gasteiger partial charge in [0.05, 0.1) is 18.8 Å². The summed E-state index contributed by atoms with van der Waals surface area (Å²) in [7, 11) is 0. The third-order valence-electron chi connectivity index (χ3n) is 11.3. The molecule has 0 aromatic rings. The first-order valence-corrected chi connectivity index (χ1v) is 16.2. The van der Waals surface area contributed by atoms with Gasteiger partial charge in [0.15, 0.2) is 5.12 Å². The summed E-state index contributed by atoms with van der Waals surface area (Å²) in [5.41, 5.74) is 2.54. The molecule has 206 valence electrons. The number of rotatable bonds is 10. The quantitative estimate of drug-likeness (QED) is 0.297. The van der Waals surface area contributed by atoms with Crippen molar-refractivity contribution in [2.24, 2.45) is 46.3 Å². The van der Waals surface area contributed by atoms with Gasteiger partial charge in [0, 0.05) is 12.7 Å². The smallest absolute Gasteiger partial charge is 0.185 e. The molecule has 4 aliphatic carbocycles. The number of hydrogen-bond acceptors (Lipinski definition) is 4. The minimum Gasteiger partial charge on any atom is -0.390 e. The van der Waals surface area contributed by atoms with Gasteiger partial charge in [-0.1, -0.05) is 77.3 Å². The first-order chi connectivity index (χ1) is 17.0. The summed E-state index contributed by atoms with van der Waals surface area (Å²) in [4.78, 5) is 11.2. The molecular formula is C32H54O3S. The molecule has 1 unspecified atom stereocenters. The van der Waals surface area contributed by atoms with Crippen LogP contribution in [-0.4, -0.2) is 34.8 Å². The predicted octanol–water partition coefficient (Wildman–Crippen LogP) is 8.05. The molecule has 0 bridgehead atoms. The third kappa shape index (κ3) is 5.96. The number of carbonyl (C=O) groups excluding carboxylic acids is 1. The van der Waals surface area contributed by atoms with E-state index in [1.807, 2.05) is 0 Å². The Bertz CT molecular complexity index is 792. The van der Waals surface area contributed by atoms with E-state index in [1.165, 1.54) is 69.5 Å². The zero-order valence-corrected chi connectivity index (χ0v) is 24.9. The summed E-state index contributed by atoms with van der Waals surface area (Å²) in [6.45, 7) is 14.5. The monoisotopic (exact) mass is 518 g/mol. The van der Waals surface area contributed by atoms with Crippen LogP contribution in [0.3, 0.4) is 0 Å². The van der Waals surface area contributed by atoms with Crippen molar-refractivity contribution in [3.8, 4) is 0 Å². The molecule has 1 N–H and O–H groups in total. The van der Waals surface area contributed by atoms with E-state index in [4.69, 9.17) is 4.74 Å². The summed E-state index contributed by atoms with van der Waals surface area (Å²) in [5, 5.41) is 10.3. The number of ether oxygens (including phenoxy) is 1. The molecule has 9 atom stereocenters. The molecule has 0 radical (unpaired) electrons. The number of thioether (sulfide) groups is 1. The van der Waals surface area contributed by atoms with Crippen LogP contribution >= 0.6 is 11.8 Å². The van der Waals surface area contributed by atoms with Crippen molar-refractivity contribution < 1.29 is 14.6 Å². The lowest BCUT2D eigenvalue weighted by Crippen LogP contribution is -2.51. The Hall–Kier alpha value is -0.320. The van der Waals surface area contributed by atoms with Gasteiger partial charge in [-0.2, -0.15) is 0 Å². The van der Waals surface area contributed by atoms with Crippen LogP contribution in [0.5, 0.6) is 0 Å². The van der Waals surface area contributed by atoms with Gasteiger partial charge in [0.1, 0.15) is 0 Å². The van der Waals surface area contributed by atoms with Gasteiger partial charge >= 0.3 is 0 Å². The van der Waals surface area contributed by atoms with E-state index in [0.29, 0.717) is 23.2 Å². The lowest BCUT2D eigenvalue weighted by molar-refractivity contribution is -0.109. The van der Waals surface area contributed by atoms with Crippen molar-refractivity contribution >= 4 is 16.9 Å². The standard InChI is InChI=1S/C32H54O3S/c1-21(2)8-7-9-22(3)28-12-13-29-27-11-10-24-18-26(35-19-25(34)20-36-23(4)33)14-16-31(24,5)30(27)15-17-32(28,29)6/h10,21-22,25-30,34H,7-9,11-20H2,1-6H3/t22-,25?,26+,27+,28-,29+,30+,31+,32-/m1/s1. The molecule has 0 spiro atoms. The lowest BCUT2D eigenvalue weighted by Gasteiger charge is -2.58. The van der Waals surface area contributed by atoms with Crippen molar-refractivity contribution in [2.75, 3.05) is 12.4 Å². The second kappa shape index (κ2) is 11.8. The molecule has 4 aliphatic rings. The van der Waals surface area contributed by atoms with Gasteiger partial charge < -0.3 is 9.84 Å². The van der Waals surface area contributed by atoms with Crippen molar-refractivity contribution in [1.29, 1.82) is 0 Å². The Morgan fingerprint density at radius 1 is 1.11 bits per heavy atom. The fourth-order valence-corrected chi connectivity index (χ4v) is 9.83. The molecule has 0 aliphatic heterocycles. The van der Waals surface area contributed by atoms with E-state index in [-0.39, 0.29) is 11.2 Å². The van der Waals surface area contributed by atoms with E-state index in [0.717, 1.165) is 48.3 Å². The molecule has 0 heterocycles. The number of hydrogen-bond donors (Lipinski definition) is 1. The van der Waals surface area contributed by atoms with Gasteiger partial charge in [0.25, 0.3) is 0 Å². The summed E-state index contributed by atoms with van der Waals surface area (Å²) in [6.07, 6.45) is 16.9. The van der Waals surface area contributed by atoms with Gasteiger partial charge in [-0.3, -0.25) is 4.79 Å². The second-order valence-electron chi connectivity index (χ2n) is 13.9. The van der Waals surface area contributed by atoms with Crippen LogP contribution in [0.25, 0.3) is 0 Å². The Balaban J connectivity index is 1.36. The van der Waals surface area contributed by atoms with E-state index in [9.17, 15) is 9.90 Å². The van der Waals surface area contributed by atoms with Crippen molar-refractivity contribution in [3.05, 3.63) is 11.6 Å². The Labute approximate surface area is 226 Å². The molecule has 36 heavy (non-hydrogen) atoms. The minimum absolute atomic E-state index is 0.0575. The molecule has 0 saturated heterocycles. The fourth-order valence-electron chi connectivity index (χ4n) is 9.30. The SMILES string of the molecule is CC(=O)SCC(O)CO[C@H]1CC[C@@]2(C)C(=CC[C@H]3[C@@H]4CC[C@H]([C@H](C)CCCC(C)C)[C@@]4(C)CC[C@@H]32)C1. The first-order valence-electron chi connectivity index (χ1n) is 15.2. The maximum Gasteiger partial charge on any atom is 0.185 e. The van der Waals surface area contributed by atoms with E-state index in [2.05, 4.69) is 40.7 Å². The normalized spacial score (nSPS) is 39.7. The van der Waals surface area contributed by atoms with Crippen molar-refractivity contribution in [2.45, 2.75) is 124 Å². The zero-order chi connectivity index (χ0) is 26.1. The van der Waals surface area contributed by atoms with Gasteiger partial charge in [-0.25, -0.2) is 0 Å². The molecule has 3 fully saturated rings. The van der Waals surface area contributed by atoms with Gasteiger partial charge in [-0.05, 0) is 97.7 Å². The van der Waals surface area contributed by atoms with E-state index < -0.39 is 6.10 Å². The Morgan fingerprint density at radius 2 is 1.89 bits per heavy atom. The fraction of sp³-hybridized carbons (Fsp3) is 0.906. The number of aliphatic hydroxyl groups is 1. The Kier molecular flexibility index (Phi) is 9.42. The highest BCUT2D eigenvalue weighted by Crippen LogP contribution is 2.67. The van der Waals surface area contributed by atoms with E-state index in [1.54, 1.807) is 12.5 Å². The average Bonchev–Trinajstić information content (AvgIpc) is 3.18. The number of aliphatic hydroxyl groups excluding tert-OH is 1. The van der Waals surface area contributed by atoms with Crippen molar-refractivity contribution in [3.63, 3.8) is 0 Å². The molecule has 0 aromatic carbocycles. The lowest BCUT2D eigenvalue weighted by atomic mass is 9.47. The maximum absolute atomic E-state index is 11.2. The van der Waals surface area contributed by atoms with Crippen molar-refractivity contribution in [1.82, 2.24) is 0 Å². The van der Waals surface area contributed by atoms with Crippen LogP contribution in [0, 0.1) is 46.3 Å². The highest BCUT2D eigenvalue weighted by molar-refractivity contribution is 8.13. The summed E-state index contributed by atoms with van der Waals surface area (Å²) in [6, 6.07) is 0. The van der Waals surface area contributed by atoms with Gasteiger partial charge in [0.2, 0.25) is 0 Å². The molecule has 0 amide bonds. The molecule has 4 rings (SSSR count). The third-order valence-corrected chi connectivity index (χ3v) is 12.2. The van der Waals surface area contributed by atoms with Crippen LogP contribution in [0.4, 0.5) is 0 Å². The zero-order valence-electron chi connectivity index (χ0n) is 24.1. The minimum atomic E-state index is -0.559. The largest absolute Gasteiger partial charge is 0.390 e. The first kappa shape index (κ1) is 28.7. The van der Waals surface area contributed by atoms with Gasteiger partial charge in [-0.15, -0.1) is 0 Å². The number of fused-ring (bicyclic) bond motifs is 5. The molecule has 3 nitrogen and oxygen atoms in total. The summed E-state index contributed by atoms with van der Waals surface area (Å²) in [5.74, 6) is 5.68. The van der Waals surface area contributed by atoms with Crippen LogP contribution < -0.4 is 0 Å². The highest BCUT2D eigenvalue weighted by Gasteiger charge is 2.59. The van der Waals surface area contributed by atoms with E-state index >= 15 is 0 Å². The predicted molar refractivity (Wildman–Crippen MR) is 152 cm³/mol. The molecule has 3 saturated carbocycles. The molecule has 4 heteroatoms. The summed E-state index contributed by atoms with van der Waals surface area (Å²) >= 11 is 1.19. The summed E-state index contributed by atoms with van der Waals surface area (Å²) < 4.78 is 6.16. The second-order valence-corrected chi connectivity index (χ2v) is 15.1. The molecular weight excluding hydrogens is 464 g/mol. The van der Waals surface area contributed by atoms with Crippen LogP contribution in [0.2, 0.25) is 0 Å². The topological polar surface area (TPSA) is 46.5 Å². The van der Waals surface area contributed by atoms with Crippen LogP contribution in [-0.2, 0) is 9.53 Å². The van der Waals surface area contributed by atoms with Crippen LogP contribution in [0.1, 0.15) is 112 Å². The number of allylic oxidation sites excluding steroid dienone is 1. The molecule has 0 aromatic heterocycles. The number of carbonyl (C=O) groups is 1. The Morgan fingerprint density at radius 3 is 2.61 bits per heavy atom. The average molecular weight is 519 g/mol.